The summed E-state index contributed by atoms with van der Waals surface area (Å²) >= 11 is 0. The third-order valence-corrected chi connectivity index (χ3v) is 4.98. The number of aliphatic hydroxyl groups excluding tert-OH is 1. The molecule has 3 aromatic rings. The Morgan fingerprint density at radius 3 is 2.88 bits per heavy atom. The third kappa shape index (κ3) is 3.46. The predicted molar refractivity (Wildman–Crippen MR) is 98.3 cm³/mol. The zero-order valence-electron chi connectivity index (χ0n) is 14.7. The summed E-state index contributed by atoms with van der Waals surface area (Å²) in [6.07, 6.45) is 6.52. The number of aliphatic hydroxyl groups is 1. The van der Waals surface area contributed by atoms with Crippen LogP contribution in [0.5, 0.6) is 0 Å². The van der Waals surface area contributed by atoms with Crippen molar-refractivity contribution in [2.45, 2.75) is 38.5 Å². The molecule has 6 heteroatoms. The van der Waals surface area contributed by atoms with Gasteiger partial charge in [-0.05, 0) is 48.9 Å². The highest BCUT2D eigenvalue weighted by atomic mass is 16.3. The van der Waals surface area contributed by atoms with Gasteiger partial charge in [-0.3, -0.25) is 14.5 Å². The second-order valence-electron chi connectivity index (χ2n) is 7.11. The lowest BCUT2D eigenvalue weighted by Gasteiger charge is -2.38. The lowest BCUT2D eigenvalue weighted by atomic mass is 9.75. The average molecular weight is 350 g/mol. The Kier molecular flexibility index (Phi) is 4.42. The standard InChI is InChI=1S/C20H22N4O2/c1-13-9-22-24(11-13)12-19(26)23-20(15-7-17(25)8-15)16-6-14-4-2-3-5-18(14)21-10-16/h2-6,9-11,15,17,20,25H,7-8,12H2,1H3,(H,23,26)/t15?,17?,20-/m1/s1. The van der Waals surface area contributed by atoms with Gasteiger partial charge in [-0.1, -0.05) is 18.2 Å². The van der Waals surface area contributed by atoms with E-state index >= 15 is 0 Å². The number of fused-ring (bicyclic) bond motifs is 1. The zero-order valence-corrected chi connectivity index (χ0v) is 14.7. The number of amides is 1. The fraction of sp³-hybridized carbons (Fsp3) is 0.350. The highest BCUT2D eigenvalue weighted by molar-refractivity contribution is 5.79. The van der Waals surface area contributed by atoms with Crippen molar-refractivity contribution in [1.82, 2.24) is 20.1 Å². The molecule has 0 unspecified atom stereocenters. The van der Waals surface area contributed by atoms with Crippen molar-refractivity contribution in [2.75, 3.05) is 0 Å². The lowest BCUT2D eigenvalue weighted by molar-refractivity contribution is -0.123. The Balaban J connectivity index is 1.56. The van der Waals surface area contributed by atoms with Crippen molar-refractivity contribution >= 4 is 16.8 Å². The van der Waals surface area contributed by atoms with Gasteiger partial charge in [0, 0.05) is 17.8 Å². The second-order valence-corrected chi connectivity index (χ2v) is 7.11. The molecule has 26 heavy (non-hydrogen) atoms. The number of nitrogens with zero attached hydrogens (tertiary/aromatic N) is 3. The molecule has 6 nitrogen and oxygen atoms in total. The van der Waals surface area contributed by atoms with E-state index in [1.54, 1.807) is 10.9 Å². The van der Waals surface area contributed by atoms with Gasteiger partial charge >= 0.3 is 0 Å². The van der Waals surface area contributed by atoms with Gasteiger partial charge in [-0.25, -0.2) is 0 Å². The van der Waals surface area contributed by atoms with E-state index in [9.17, 15) is 9.90 Å². The van der Waals surface area contributed by atoms with Crippen LogP contribution in [0.4, 0.5) is 0 Å². The molecule has 1 saturated carbocycles. The Morgan fingerprint density at radius 2 is 2.15 bits per heavy atom. The van der Waals surface area contributed by atoms with Crippen LogP contribution in [0, 0.1) is 12.8 Å². The fourth-order valence-corrected chi connectivity index (χ4v) is 3.55. The second kappa shape index (κ2) is 6.88. The predicted octanol–water partition coefficient (Wildman–Crippen LogP) is 2.37. The van der Waals surface area contributed by atoms with Gasteiger partial charge in [-0.2, -0.15) is 5.10 Å². The number of carbonyl (C=O) groups is 1. The van der Waals surface area contributed by atoms with Crippen molar-refractivity contribution < 1.29 is 9.90 Å². The van der Waals surface area contributed by atoms with Crippen LogP contribution in [0.1, 0.15) is 30.0 Å². The number of hydrogen-bond acceptors (Lipinski definition) is 4. The van der Waals surface area contributed by atoms with E-state index < -0.39 is 0 Å². The Hall–Kier alpha value is -2.73. The Bertz CT molecular complexity index is 930. The molecule has 1 amide bonds. The monoisotopic (exact) mass is 350 g/mol. The van der Waals surface area contributed by atoms with Gasteiger partial charge in [0.2, 0.25) is 5.91 Å². The van der Waals surface area contributed by atoms with Gasteiger partial charge in [0.25, 0.3) is 0 Å². The molecule has 2 heterocycles. The molecule has 0 radical (unpaired) electrons. The molecule has 1 aromatic carbocycles. The maximum atomic E-state index is 12.5. The molecule has 1 aliphatic carbocycles. The van der Waals surface area contributed by atoms with E-state index in [-0.39, 0.29) is 30.5 Å². The third-order valence-electron chi connectivity index (χ3n) is 4.98. The summed E-state index contributed by atoms with van der Waals surface area (Å²) in [6, 6.07) is 9.86. The van der Waals surface area contributed by atoms with Crippen LogP contribution >= 0.6 is 0 Å². The first kappa shape index (κ1) is 16.7. The summed E-state index contributed by atoms with van der Waals surface area (Å²) in [6.45, 7) is 2.13. The number of benzene rings is 1. The SMILES string of the molecule is Cc1cnn(CC(=O)N[C@@H](c2cnc3ccccc3c2)C2CC(O)C2)c1. The fourth-order valence-electron chi connectivity index (χ4n) is 3.55. The molecule has 1 atom stereocenters. The van der Waals surface area contributed by atoms with Crippen LogP contribution in [-0.2, 0) is 11.3 Å². The van der Waals surface area contributed by atoms with Gasteiger partial charge in [-0.15, -0.1) is 0 Å². The van der Waals surface area contributed by atoms with Crippen molar-refractivity contribution in [1.29, 1.82) is 0 Å². The van der Waals surface area contributed by atoms with E-state index in [2.05, 4.69) is 21.5 Å². The normalized spacial score (nSPS) is 20.5. The molecule has 0 saturated heterocycles. The summed E-state index contributed by atoms with van der Waals surface area (Å²) in [5, 5.41) is 18.1. The van der Waals surface area contributed by atoms with Crippen molar-refractivity contribution in [3.8, 4) is 0 Å². The lowest BCUT2D eigenvalue weighted by Crippen LogP contribution is -2.42. The summed E-state index contributed by atoms with van der Waals surface area (Å²) < 4.78 is 1.63. The van der Waals surface area contributed by atoms with E-state index in [1.807, 2.05) is 43.6 Å². The average Bonchev–Trinajstić information content (AvgIpc) is 3.01. The Morgan fingerprint density at radius 1 is 1.35 bits per heavy atom. The highest BCUT2D eigenvalue weighted by Crippen LogP contribution is 2.38. The minimum Gasteiger partial charge on any atom is -0.393 e. The number of pyridine rings is 1. The van der Waals surface area contributed by atoms with Crippen LogP contribution in [0.25, 0.3) is 10.9 Å². The molecule has 0 spiro atoms. The molecule has 1 fully saturated rings. The van der Waals surface area contributed by atoms with Crippen LogP contribution in [0.2, 0.25) is 0 Å². The minimum absolute atomic E-state index is 0.0901. The largest absolute Gasteiger partial charge is 0.393 e. The van der Waals surface area contributed by atoms with Crippen molar-refractivity contribution in [3.05, 3.63) is 60.0 Å². The first-order valence-corrected chi connectivity index (χ1v) is 8.89. The summed E-state index contributed by atoms with van der Waals surface area (Å²) in [5.74, 6) is 0.129. The van der Waals surface area contributed by atoms with Gasteiger partial charge in [0.1, 0.15) is 6.54 Å². The molecular weight excluding hydrogens is 328 g/mol. The molecule has 0 bridgehead atoms. The molecule has 2 N–H and O–H groups in total. The number of para-hydroxylation sites is 1. The summed E-state index contributed by atoms with van der Waals surface area (Å²) in [7, 11) is 0. The molecular formula is C20H22N4O2. The number of carbonyl (C=O) groups excluding carboxylic acids is 1. The van der Waals surface area contributed by atoms with Crippen LogP contribution in [0.15, 0.2) is 48.9 Å². The van der Waals surface area contributed by atoms with E-state index in [1.165, 1.54) is 0 Å². The van der Waals surface area contributed by atoms with Crippen LogP contribution < -0.4 is 5.32 Å². The van der Waals surface area contributed by atoms with Gasteiger partial charge < -0.3 is 10.4 Å². The number of rotatable bonds is 5. The quantitative estimate of drug-likeness (QED) is 0.740. The maximum absolute atomic E-state index is 12.5. The van der Waals surface area contributed by atoms with Gasteiger partial charge in [0.05, 0.1) is 23.9 Å². The number of hydrogen-bond donors (Lipinski definition) is 2. The molecule has 2 aromatic heterocycles. The first-order chi connectivity index (χ1) is 12.6. The summed E-state index contributed by atoms with van der Waals surface area (Å²) in [5.41, 5.74) is 2.93. The number of aromatic nitrogens is 3. The molecule has 4 rings (SSSR count). The highest BCUT2D eigenvalue weighted by Gasteiger charge is 2.36. The number of aryl methyl sites for hydroxylation is 1. The van der Waals surface area contributed by atoms with Crippen LogP contribution in [0.3, 0.4) is 0 Å². The van der Waals surface area contributed by atoms with Gasteiger partial charge in [0.15, 0.2) is 0 Å². The topological polar surface area (TPSA) is 80.0 Å². The maximum Gasteiger partial charge on any atom is 0.242 e. The smallest absolute Gasteiger partial charge is 0.242 e. The van der Waals surface area contributed by atoms with E-state index in [4.69, 9.17) is 0 Å². The number of nitrogens with one attached hydrogen (secondary N) is 1. The molecule has 0 aliphatic heterocycles. The summed E-state index contributed by atoms with van der Waals surface area (Å²) in [4.78, 5) is 17.1. The molecule has 134 valence electrons. The van der Waals surface area contributed by atoms with Crippen molar-refractivity contribution in [2.24, 2.45) is 5.92 Å². The van der Waals surface area contributed by atoms with E-state index in [0.717, 1.165) is 22.0 Å². The molecule has 1 aliphatic rings. The zero-order chi connectivity index (χ0) is 18.1. The van der Waals surface area contributed by atoms with E-state index in [0.29, 0.717) is 12.8 Å². The first-order valence-electron chi connectivity index (χ1n) is 8.89. The van der Waals surface area contributed by atoms with Crippen molar-refractivity contribution in [3.63, 3.8) is 0 Å². The van der Waals surface area contributed by atoms with Crippen LogP contribution in [-0.4, -0.2) is 31.9 Å². The Labute approximate surface area is 151 Å². The minimum atomic E-state index is -0.276.